The van der Waals surface area contributed by atoms with Gasteiger partial charge in [0.1, 0.15) is 0 Å². The number of rotatable bonds is 17. The van der Waals surface area contributed by atoms with Gasteiger partial charge in [-0.05, 0) is 84.5 Å². The molecule has 0 N–H and O–H groups in total. The average molecular weight is 646 g/mol. The number of nitrogens with zero attached hydrogens (tertiary/aromatic N) is 1. The van der Waals surface area contributed by atoms with E-state index in [-0.39, 0.29) is 0 Å². The first-order valence-corrected chi connectivity index (χ1v) is 19.4. The van der Waals surface area contributed by atoms with E-state index >= 15 is 0 Å². The molecule has 35 radical (unpaired) electrons. The molecular formula is C17H17B35NS. The Hall–Kier alpha value is 1.20. The molecule has 54 heavy (non-hydrogen) atoms. The summed E-state index contributed by atoms with van der Waals surface area (Å²) in [7, 11) is 105. The summed E-state index contributed by atoms with van der Waals surface area (Å²) in [5.41, 5.74) is 4.74. The van der Waals surface area contributed by atoms with Crippen molar-refractivity contribution in [3.05, 3.63) is 34.9 Å². The third-order valence-corrected chi connectivity index (χ3v) is 14.0. The normalized spacial score (nSPS) is 21.5. The van der Waals surface area contributed by atoms with Crippen molar-refractivity contribution < 1.29 is 0 Å². The van der Waals surface area contributed by atoms with Crippen LogP contribution in [0.2, 0.25) is 0 Å². The summed E-state index contributed by atoms with van der Waals surface area (Å²) in [5, 5.41) is 9.12. The van der Waals surface area contributed by atoms with Gasteiger partial charge in [0.25, 0.3) is 0 Å². The molecule has 5 rings (SSSR count). The molecule has 0 aliphatic heterocycles. The second kappa shape index (κ2) is 20.2. The van der Waals surface area contributed by atoms with E-state index in [2.05, 4.69) is 18.2 Å². The Kier molecular flexibility index (Phi) is 17.9. The number of nitriles is 1. The van der Waals surface area contributed by atoms with Crippen LogP contribution in [0.25, 0.3) is 0 Å². The molecule has 0 saturated heterocycles. The van der Waals surface area contributed by atoms with Crippen LogP contribution in [0.15, 0.2) is 18.2 Å². The standard InChI is InChI=1S/C17H17N.B35S/c18-9-10-1-2-15-11-4-13-6-14-5-12(16(15)3-10)8-17(13,14)7-11;1-18-28(20(2)3)33(27(16)17)35(32(25(12)13)26(14)15)29(19-36)34(30(21(4)5)22(6)7)31(23(8)9)24(10)11/h1-3,11-14H,4-8H2;. The summed E-state index contributed by atoms with van der Waals surface area (Å²) >= 11 is 5.50. The summed E-state index contributed by atoms with van der Waals surface area (Å²) in [5.74, 6) is 3.65. The van der Waals surface area contributed by atoms with Gasteiger partial charge in [0.15, 0.2) is 0 Å². The van der Waals surface area contributed by atoms with Gasteiger partial charge < -0.3 is 0 Å². The van der Waals surface area contributed by atoms with Crippen LogP contribution in [0.4, 0.5) is 0 Å². The van der Waals surface area contributed by atoms with Crippen LogP contribution in [0, 0.1) is 28.6 Å². The Morgan fingerprint density at radius 2 is 0.963 bits per heavy atom. The Labute approximate surface area is 363 Å². The van der Waals surface area contributed by atoms with Crippen molar-refractivity contribution in [1.29, 1.82) is 5.26 Å². The summed E-state index contributed by atoms with van der Waals surface area (Å²) in [6.45, 7) is 0. The Morgan fingerprint density at radius 1 is 0.556 bits per heavy atom. The van der Waals surface area contributed by atoms with Crippen LogP contribution in [0.3, 0.4) is 0 Å². The summed E-state index contributed by atoms with van der Waals surface area (Å²) in [6.07, 6.45) is -8.12. The van der Waals surface area contributed by atoms with Crippen molar-refractivity contribution in [2.24, 2.45) is 17.3 Å². The fraction of sp³-hybridized carbons (Fsp3) is 0.588. The fourth-order valence-corrected chi connectivity index (χ4v) is 11.9. The number of hydrogen-bond donors (Lipinski definition) is 0. The predicted octanol–water partition coefficient (Wildman–Crippen LogP) is -8.73. The predicted molar refractivity (Wildman–Crippen MR) is 278 cm³/mol. The molecule has 5 unspecified atom stereocenters. The molecule has 0 amide bonds. The Morgan fingerprint density at radius 3 is 1.31 bits per heavy atom. The molecule has 1 spiro atoms. The van der Waals surface area contributed by atoms with Crippen LogP contribution >= 0.6 is 12.1 Å². The van der Waals surface area contributed by atoms with Crippen molar-refractivity contribution >= 4 is 259 Å². The maximum atomic E-state index is 9.12. The number of hydrogen-bond acceptors (Lipinski definition) is 2. The van der Waals surface area contributed by atoms with Crippen LogP contribution in [-0.4, -0.2) is 247 Å². The molecule has 1 nitrogen and oxygen atoms in total. The van der Waals surface area contributed by atoms with E-state index in [1.807, 2.05) is 6.07 Å². The molecule has 5 atom stereocenters. The van der Waals surface area contributed by atoms with E-state index in [0.717, 1.165) is 34.7 Å². The maximum absolute atomic E-state index is 9.12. The van der Waals surface area contributed by atoms with Gasteiger partial charge in [0.05, 0.1) is 11.6 Å². The molecule has 0 heterocycles. The molecule has 201 valence electrons. The van der Waals surface area contributed by atoms with Crippen molar-refractivity contribution in [3.63, 3.8) is 0 Å². The first-order valence-electron chi connectivity index (χ1n) is 18.9. The average Bonchev–Trinajstić information content (AvgIpc) is 3.49. The van der Waals surface area contributed by atoms with Crippen molar-refractivity contribution in [2.45, 2.75) is 43.9 Å². The van der Waals surface area contributed by atoms with Crippen molar-refractivity contribution in [2.75, 3.05) is 0 Å². The van der Waals surface area contributed by atoms with Gasteiger partial charge in [0, 0.05) is 0 Å². The molecule has 37 heteroatoms. The summed E-state index contributed by atoms with van der Waals surface area (Å²) < 4.78 is 0. The first-order chi connectivity index (χ1) is 25.3. The van der Waals surface area contributed by atoms with Gasteiger partial charge in [0.2, 0.25) is 0 Å². The second-order valence-corrected chi connectivity index (χ2v) is 16.9. The SMILES string of the molecule is N#Cc1ccc2c(c1)C1CC3CC4CC2CC43C1.[B][B]B(B([B])[B])B(B([B])[B])B(B(B=S)B(B(B([B])[B])B([B])[B])B(B([B])[B])B([B])[B])B(B([B])[B])B([B])[B]. The van der Waals surface area contributed by atoms with Gasteiger partial charge in [-0.25, -0.2) is 0 Å². The fourth-order valence-electron chi connectivity index (χ4n) is 11.6. The Balaban J connectivity index is 0.000000291. The third kappa shape index (κ3) is 9.71. The zero-order chi connectivity index (χ0) is 40.6. The van der Waals surface area contributed by atoms with Gasteiger partial charge >= 0.3 is 259 Å². The van der Waals surface area contributed by atoms with Crippen LogP contribution in [0.1, 0.15) is 60.6 Å². The van der Waals surface area contributed by atoms with E-state index in [1.54, 1.807) is 11.1 Å². The van der Waals surface area contributed by atoms with E-state index in [4.69, 9.17) is 149 Å². The molecule has 0 aromatic heterocycles. The zero-order valence-electron chi connectivity index (χ0n) is 31.1. The quantitative estimate of drug-likeness (QED) is 0.157. The molecule has 4 aliphatic carbocycles. The van der Waals surface area contributed by atoms with Gasteiger partial charge in [-0.3, -0.25) is 0 Å². The van der Waals surface area contributed by atoms with Crippen molar-refractivity contribution in [1.82, 2.24) is 0 Å². The molecule has 3 fully saturated rings. The molecule has 3 bridgehead atoms. The van der Waals surface area contributed by atoms with E-state index in [9.17, 15) is 0 Å². The van der Waals surface area contributed by atoms with E-state index in [0.29, 0.717) is 0 Å². The molecule has 1 aromatic rings. The van der Waals surface area contributed by atoms with Gasteiger partial charge in [-0.1, -0.05) is 6.07 Å². The molecule has 1 aromatic carbocycles. The molecule has 4 aliphatic rings. The molecular weight excluding hydrogens is 629 g/mol. The van der Waals surface area contributed by atoms with Gasteiger partial charge in [-0.15, -0.1) is 0 Å². The number of benzene rings is 1. The minimum absolute atomic E-state index is 0.737. The topological polar surface area (TPSA) is 23.8 Å². The zero-order valence-corrected chi connectivity index (χ0v) is 32.0. The molecule has 3 saturated carbocycles. The van der Waals surface area contributed by atoms with E-state index in [1.165, 1.54) is 45.2 Å². The first kappa shape index (κ1) is 47.9. The monoisotopic (exact) mass is 652 g/mol. The minimum atomic E-state index is -1.09. The van der Waals surface area contributed by atoms with Crippen LogP contribution < -0.4 is 0 Å². The third-order valence-electron chi connectivity index (χ3n) is 13.7. The van der Waals surface area contributed by atoms with Crippen LogP contribution in [0.5, 0.6) is 0 Å². The van der Waals surface area contributed by atoms with Crippen LogP contribution in [-0.2, 0) is 0 Å². The summed E-state index contributed by atoms with van der Waals surface area (Å²) in [6, 6.07) is 10.2. The number of fused-ring (bicyclic) bond motifs is 5. The summed E-state index contributed by atoms with van der Waals surface area (Å²) in [4.78, 5) is 0. The second-order valence-electron chi connectivity index (χ2n) is 16.7. The van der Waals surface area contributed by atoms with E-state index < -0.39 is 102 Å². The van der Waals surface area contributed by atoms with Gasteiger partial charge in [-0.2, -0.15) is 5.26 Å². The van der Waals surface area contributed by atoms with Crippen molar-refractivity contribution in [3.8, 4) is 6.07 Å². The Bertz CT molecular complexity index is 1390.